The molecule has 5 heteroatoms. The van der Waals surface area contributed by atoms with Crippen molar-refractivity contribution in [1.82, 2.24) is 4.98 Å². The van der Waals surface area contributed by atoms with E-state index in [4.69, 9.17) is 9.72 Å². The summed E-state index contributed by atoms with van der Waals surface area (Å²) in [5.74, 6) is 0.0337. The van der Waals surface area contributed by atoms with Crippen molar-refractivity contribution in [1.29, 1.82) is 0 Å². The molecule has 1 fully saturated rings. The van der Waals surface area contributed by atoms with E-state index >= 15 is 0 Å². The minimum atomic E-state index is 0.0337. The van der Waals surface area contributed by atoms with Gasteiger partial charge in [-0.25, -0.2) is 4.98 Å². The van der Waals surface area contributed by atoms with Crippen LogP contribution in [-0.2, 0) is 17.6 Å². The van der Waals surface area contributed by atoms with Gasteiger partial charge in [0.2, 0.25) is 0 Å². The zero-order chi connectivity index (χ0) is 20.7. The summed E-state index contributed by atoms with van der Waals surface area (Å²) >= 11 is 1.60. The highest BCUT2D eigenvalue weighted by Crippen LogP contribution is 2.33. The third-order valence-electron chi connectivity index (χ3n) is 6.47. The highest BCUT2D eigenvalue weighted by Gasteiger charge is 2.27. The Labute approximate surface area is 181 Å². The molecule has 0 bridgehead atoms. The third-order valence-corrected chi connectivity index (χ3v) is 7.52. The zero-order valence-corrected chi connectivity index (χ0v) is 18.6. The van der Waals surface area contributed by atoms with Crippen LogP contribution < -0.4 is 4.90 Å². The fraction of sp³-hybridized carbons (Fsp3) is 0.440. The van der Waals surface area contributed by atoms with Crippen molar-refractivity contribution in [2.24, 2.45) is 0 Å². The van der Waals surface area contributed by atoms with Crippen molar-refractivity contribution in [2.75, 3.05) is 18.1 Å². The number of nitrogens with zero attached hydrogens (tertiary/aromatic N) is 2. The van der Waals surface area contributed by atoms with Gasteiger partial charge in [-0.2, -0.15) is 0 Å². The molecule has 2 heterocycles. The number of hydrogen-bond acceptors (Lipinski definition) is 4. The van der Waals surface area contributed by atoms with Crippen LogP contribution in [0.4, 0.5) is 5.13 Å². The van der Waals surface area contributed by atoms with Gasteiger partial charge in [0.15, 0.2) is 5.13 Å². The minimum Gasteiger partial charge on any atom is -0.376 e. The SMILES string of the molecule is Cc1cc2nc(N(CC3CCCO3)C(=O)c3ccc4c(c3)CCCC4)sc2cc1C. The molecular weight excluding hydrogens is 392 g/mol. The first-order valence-electron chi connectivity index (χ1n) is 11.0. The van der Waals surface area contributed by atoms with Crippen molar-refractivity contribution >= 4 is 32.6 Å². The summed E-state index contributed by atoms with van der Waals surface area (Å²) in [6, 6.07) is 10.6. The van der Waals surface area contributed by atoms with Gasteiger partial charge in [-0.3, -0.25) is 9.69 Å². The standard InChI is InChI=1S/C25H28N2O2S/c1-16-12-22-23(13-17(16)2)30-25(26-22)27(15-21-8-5-11-29-21)24(28)20-10-9-18-6-3-4-7-19(18)14-20/h9-10,12-14,21H,3-8,11,15H2,1-2H3. The number of carbonyl (C=O) groups is 1. The number of benzene rings is 2. The van der Waals surface area contributed by atoms with Crippen LogP contribution in [0.1, 0.15) is 58.3 Å². The molecule has 1 saturated heterocycles. The van der Waals surface area contributed by atoms with Crippen LogP contribution in [0.25, 0.3) is 10.2 Å². The average Bonchev–Trinajstić information content (AvgIpc) is 3.41. The molecule has 3 aromatic rings. The molecule has 1 aliphatic carbocycles. The van der Waals surface area contributed by atoms with Crippen LogP contribution in [0.3, 0.4) is 0 Å². The molecule has 156 valence electrons. The van der Waals surface area contributed by atoms with Crippen LogP contribution in [0.15, 0.2) is 30.3 Å². The van der Waals surface area contributed by atoms with Crippen LogP contribution >= 0.6 is 11.3 Å². The summed E-state index contributed by atoms with van der Waals surface area (Å²) in [5, 5.41) is 0.772. The third kappa shape index (κ3) is 3.77. The van der Waals surface area contributed by atoms with Gasteiger partial charge < -0.3 is 4.74 Å². The number of fused-ring (bicyclic) bond motifs is 2. The van der Waals surface area contributed by atoms with Crippen LogP contribution in [0, 0.1) is 13.8 Å². The Balaban J connectivity index is 1.52. The predicted octanol–water partition coefficient (Wildman–Crippen LogP) is 5.62. The largest absolute Gasteiger partial charge is 0.376 e. The Kier molecular flexibility index (Phi) is 5.34. The first-order valence-corrected chi connectivity index (χ1v) is 11.8. The molecule has 1 aliphatic heterocycles. The molecule has 1 amide bonds. The van der Waals surface area contributed by atoms with Crippen molar-refractivity contribution < 1.29 is 9.53 Å². The van der Waals surface area contributed by atoms with Gasteiger partial charge in [0.25, 0.3) is 5.91 Å². The molecule has 0 saturated carbocycles. The molecule has 1 unspecified atom stereocenters. The van der Waals surface area contributed by atoms with Crippen molar-refractivity contribution in [3.05, 3.63) is 58.1 Å². The van der Waals surface area contributed by atoms with E-state index in [-0.39, 0.29) is 12.0 Å². The van der Waals surface area contributed by atoms with Gasteiger partial charge in [0, 0.05) is 12.2 Å². The van der Waals surface area contributed by atoms with Crippen LogP contribution in [0.5, 0.6) is 0 Å². The molecule has 0 spiro atoms. The number of hydrogen-bond donors (Lipinski definition) is 0. The Hall–Kier alpha value is -2.24. The molecule has 5 rings (SSSR count). The molecule has 1 atom stereocenters. The van der Waals surface area contributed by atoms with E-state index < -0.39 is 0 Å². The maximum Gasteiger partial charge on any atom is 0.260 e. The lowest BCUT2D eigenvalue weighted by Crippen LogP contribution is -2.37. The first-order chi connectivity index (χ1) is 14.6. The molecule has 30 heavy (non-hydrogen) atoms. The highest BCUT2D eigenvalue weighted by molar-refractivity contribution is 7.22. The summed E-state index contributed by atoms with van der Waals surface area (Å²) in [5.41, 5.74) is 6.94. The second kappa shape index (κ2) is 8.12. The van der Waals surface area contributed by atoms with E-state index in [1.165, 1.54) is 35.1 Å². The van der Waals surface area contributed by atoms with Gasteiger partial charge in [-0.1, -0.05) is 17.4 Å². The van der Waals surface area contributed by atoms with Crippen LogP contribution in [0.2, 0.25) is 0 Å². The van der Waals surface area contributed by atoms with E-state index in [0.717, 1.165) is 53.2 Å². The summed E-state index contributed by atoms with van der Waals surface area (Å²) in [7, 11) is 0. The van der Waals surface area contributed by atoms with E-state index in [9.17, 15) is 4.79 Å². The van der Waals surface area contributed by atoms with E-state index in [1.807, 2.05) is 11.0 Å². The molecule has 0 N–H and O–H groups in total. The lowest BCUT2D eigenvalue weighted by Gasteiger charge is -2.24. The lowest BCUT2D eigenvalue weighted by atomic mass is 9.90. The smallest absolute Gasteiger partial charge is 0.260 e. The second-order valence-electron chi connectivity index (χ2n) is 8.64. The quantitative estimate of drug-likeness (QED) is 0.550. The molecule has 0 radical (unpaired) electrons. The maximum atomic E-state index is 13.7. The Bertz CT molecular complexity index is 1060. The summed E-state index contributed by atoms with van der Waals surface area (Å²) in [6.45, 7) is 5.57. The summed E-state index contributed by atoms with van der Waals surface area (Å²) in [4.78, 5) is 20.4. The number of anilines is 1. The van der Waals surface area contributed by atoms with E-state index in [1.54, 1.807) is 11.3 Å². The highest BCUT2D eigenvalue weighted by atomic mass is 32.1. The van der Waals surface area contributed by atoms with Gasteiger partial charge in [-0.15, -0.1) is 0 Å². The maximum absolute atomic E-state index is 13.7. The van der Waals surface area contributed by atoms with Gasteiger partial charge in [-0.05, 0) is 98.9 Å². The summed E-state index contributed by atoms with van der Waals surface area (Å²) in [6.07, 6.45) is 6.79. The number of amides is 1. The monoisotopic (exact) mass is 420 g/mol. The molecule has 2 aliphatic rings. The van der Waals surface area contributed by atoms with E-state index in [2.05, 4.69) is 38.1 Å². The normalized spacial score (nSPS) is 18.5. The number of aromatic nitrogens is 1. The van der Waals surface area contributed by atoms with Crippen molar-refractivity contribution in [3.63, 3.8) is 0 Å². The predicted molar refractivity (Wildman–Crippen MR) is 123 cm³/mol. The lowest BCUT2D eigenvalue weighted by molar-refractivity contribution is 0.0917. The Morgan fingerprint density at radius 1 is 1.10 bits per heavy atom. The number of rotatable bonds is 4. The fourth-order valence-electron chi connectivity index (χ4n) is 4.55. The topological polar surface area (TPSA) is 42.4 Å². The Morgan fingerprint density at radius 3 is 2.70 bits per heavy atom. The number of aryl methyl sites for hydroxylation is 4. The number of thiazole rings is 1. The van der Waals surface area contributed by atoms with Gasteiger partial charge in [0.1, 0.15) is 0 Å². The minimum absolute atomic E-state index is 0.0337. The molecule has 2 aromatic carbocycles. The van der Waals surface area contributed by atoms with Gasteiger partial charge >= 0.3 is 0 Å². The van der Waals surface area contributed by atoms with Crippen molar-refractivity contribution in [3.8, 4) is 0 Å². The second-order valence-corrected chi connectivity index (χ2v) is 9.65. The van der Waals surface area contributed by atoms with Crippen molar-refractivity contribution in [2.45, 2.75) is 58.5 Å². The number of carbonyl (C=O) groups excluding carboxylic acids is 1. The van der Waals surface area contributed by atoms with Gasteiger partial charge in [0.05, 0.1) is 22.9 Å². The Morgan fingerprint density at radius 2 is 1.90 bits per heavy atom. The average molecular weight is 421 g/mol. The van der Waals surface area contributed by atoms with E-state index in [0.29, 0.717) is 6.54 Å². The fourth-order valence-corrected chi connectivity index (χ4v) is 5.60. The van der Waals surface area contributed by atoms with Crippen LogP contribution in [-0.4, -0.2) is 30.1 Å². The molecule has 1 aromatic heterocycles. The number of ether oxygens (including phenoxy) is 1. The molecular formula is C25H28N2O2S. The zero-order valence-electron chi connectivity index (χ0n) is 17.7. The first kappa shape index (κ1) is 19.7. The summed E-state index contributed by atoms with van der Waals surface area (Å²) < 4.78 is 7.01. The molecule has 4 nitrogen and oxygen atoms in total.